The van der Waals surface area contributed by atoms with Gasteiger partial charge >= 0.3 is 11.9 Å². The van der Waals surface area contributed by atoms with Crippen molar-refractivity contribution in [3.63, 3.8) is 0 Å². The summed E-state index contributed by atoms with van der Waals surface area (Å²) in [5.74, 6) is -1.25. The quantitative estimate of drug-likeness (QED) is 0.0423. The molecule has 6 heteroatoms. The molecule has 0 aliphatic carbocycles. The number of ether oxygens (including phenoxy) is 1. The lowest BCUT2D eigenvalue weighted by Gasteiger charge is -2.18. The van der Waals surface area contributed by atoms with E-state index in [0.717, 1.165) is 70.6 Å². The Bertz CT molecular complexity index is 693. The molecule has 0 aliphatic heterocycles. The van der Waals surface area contributed by atoms with Gasteiger partial charge in [-0.3, -0.25) is 14.4 Å². The summed E-state index contributed by atoms with van der Waals surface area (Å²) in [4.78, 5) is 34.8. The van der Waals surface area contributed by atoms with Gasteiger partial charge in [0.15, 0.2) is 0 Å². The average molecular weight is 622 g/mol. The van der Waals surface area contributed by atoms with Crippen LogP contribution in [0.3, 0.4) is 0 Å². The Kier molecular flexibility index (Phi) is 32.6. The van der Waals surface area contributed by atoms with Crippen molar-refractivity contribution in [2.75, 3.05) is 6.54 Å². The molecule has 0 aromatic rings. The number of amides is 1. The molecule has 0 fully saturated rings. The molecule has 0 saturated heterocycles. The molecule has 1 unspecified atom stereocenters. The summed E-state index contributed by atoms with van der Waals surface area (Å²) >= 11 is 0. The molecule has 2 N–H and O–H groups in total. The predicted molar refractivity (Wildman–Crippen MR) is 185 cm³/mol. The highest BCUT2D eigenvalue weighted by Crippen LogP contribution is 2.18. The highest BCUT2D eigenvalue weighted by molar-refractivity contribution is 5.80. The fourth-order valence-corrected chi connectivity index (χ4v) is 5.63. The Morgan fingerprint density at radius 2 is 1.00 bits per heavy atom. The third-order valence-corrected chi connectivity index (χ3v) is 8.44. The van der Waals surface area contributed by atoms with Crippen LogP contribution in [0, 0.1) is 0 Å². The van der Waals surface area contributed by atoms with Crippen LogP contribution in [0.5, 0.6) is 0 Å². The first-order chi connectivity index (χ1) is 21.5. The minimum Gasteiger partial charge on any atom is -0.480 e. The number of rotatable bonds is 34. The SMILES string of the molecule is CCCCCCCCCC/C=C\CCCC(CCCCCCCC(=O)NCC(=O)O)OC(=O)CCCCCCCCCCC. The minimum atomic E-state index is -1.02. The monoisotopic (exact) mass is 622 g/mol. The maximum absolute atomic E-state index is 12.6. The molecule has 0 rings (SSSR count). The van der Waals surface area contributed by atoms with Gasteiger partial charge in [-0.05, 0) is 57.8 Å². The van der Waals surface area contributed by atoms with E-state index >= 15 is 0 Å². The van der Waals surface area contributed by atoms with Crippen LogP contribution in [-0.2, 0) is 19.1 Å². The normalized spacial score (nSPS) is 12.0. The molecular weight excluding hydrogens is 550 g/mol. The molecule has 0 saturated carbocycles. The Morgan fingerprint density at radius 3 is 1.55 bits per heavy atom. The van der Waals surface area contributed by atoms with E-state index in [1.54, 1.807) is 0 Å². The van der Waals surface area contributed by atoms with Gasteiger partial charge in [0.2, 0.25) is 5.91 Å². The lowest BCUT2D eigenvalue weighted by atomic mass is 10.0. The first kappa shape index (κ1) is 42.1. The van der Waals surface area contributed by atoms with Gasteiger partial charge in [-0.25, -0.2) is 0 Å². The van der Waals surface area contributed by atoms with E-state index in [0.29, 0.717) is 12.8 Å². The molecule has 0 aromatic heterocycles. The molecule has 0 heterocycles. The van der Waals surface area contributed by atoms with E-state index < -0.39 is 5.97 Å². The molecule has 1 atom stereocenters. The number of aliphatic carboxylic acids is 1. The maximum Gasteiger partial charge on any atom is 0.322 e. The predicted octanol–water partition coefficient (Wildman–Crippen LogP) is 11.0. The molecule has 0 bridgehead atoms. The van der Waals surface area contributed by atoms with Crippen LogP contribution in [0.2, 0.25) is 0 Å². The molecule has 1 amide bonds. The smallest absolute Gasteiger partial charge is 0.322 e. The van der Waals surface area contributed by atoms with Crippen molar-refractivity contribution in [3.05, 3.63) is 12.2 Å². The van der Waals surface area contributed by atoms with Crippen LogP contribution in [0.25, 0.3) is 0 Å². The van der Waals surface area contributed by atoms with Gasteiger partial charge in [0.05, 0.1) is 0 Å². The van der Waals surface area contributed by atoms with Crippen molar-refractivity contribution in [1.29, 1.82) is 0 Å². The van der Waals surface area contributed by atoms with Gasteiger partial charge in [-0.15, -0.1) is 0 Å². The number of hydrogen-bond donors (Lipinski definition) is 2. The van der Waals surface area contributed by atoms with Gasteiger partial charge in [-0.1, -0.05) is 142 Å². The zero-order chi connectivity index (χ0) is 32.4. The van der Waals surface area contributed by atoms with Crippen molar-refractivity contribution in [3.8, 4) is 0 Å². The molecular formula is C38H71NO5. The van der Waals surface area contributed by atoms with E-state index in [2.05, 4.69) is 31.3 Å². The number of carbonyl (C=O) groups is 3. The summed E-state index contributed by atoms with van der Waals surface area (Å²) in [5, 5.41) is 11.0. The second kappa shape index (κ2) is 34.0. The number of carboxylic acid groups (broad SMARTS) is 1. The van der Waals surface area contributed by atoms with Gasteiger partial charge in [0, 0.05) is 12.8 Å². The minimum absolute atomic E-state index is 0.00368. The second-order valence-corrected chi connectivity index (χ2v) is 12.8. The fourth-order valence-electron chi connectivity index (χ4n) is 5.63. The first-order valence-corrected chi connectivity index (χ1v) is 18.8. The standard InChI is InChI=1S/C38H71NO5/c1-3-5-7-9-11-13-14-15-16-18-19-22-26-30-35(31-27-23-21-24-28-32-36(40)39-34-37(41)42)44-38(43)33-29-25-20-17-12-10-8-6-4-2/h18-19,35H,3-17,20-34H2,1-2H3,(H,39,40)(H,41,42)/b19-18-. The van der Waals surface area contributed by atoms with Crippen molar-refractivity contribution >= 4 is 17.8 Å². The summed E-state index contributed by atoms with van der Waals surface area (Å²) in [6, 6.07) is 0. The topological polar surface area (TPSA) is 92.7 Å². The summed E-state index contributed by atoms with van der Waals surface area (Å²) in [7, 11) is 0. The number of esters is 1. The summed E-state index contributed by atoms with van der Waals surface area (Å²) in [6.45, 7) is 4.20. The second-order valence-electron chi connectivity index (χ2n) is 12.8. The van der Waals surface area contributed by atoms with E-state index in [4.69, 9.17) is 9.84 Å². The number of unbranched alkanes of at least 4 members (excludes halogenated alkanes) is 21. The van der Waals surface area contributed by atoms with E-state index in [1.165, 1.54) is 103 Å². The van der Waals surface area contributed by atoms with Crippen LogP contribution >= 0.6 is 0 Å². The number of hydrogen-bond acceptors (Lipinski definition) is 4. The first-order valence-electron chi connectivity index (χ1n) is 18.8. The number of carbonyl (C=O) groups excluding carboxylic acids is 2. The molecule has 0 aromatic carbocycles. The van der Waals surface area contributed by atoms with Gasteiger partial charge < -0.3 is 15.2 Å². The van der Waals surface area contributed by atoms with Gasteiger partial charge in [0.1, 0.15) is 12.6 Å². The van der Waals surface area contributed by atoms with Gasteiger partial charge in [0.25, 0.3) is 0 Å². The highest BCUT2D eigenvalue weighted by atomic mass is 16.5. The van der Waals surface area contributed by atoms with Crippen molar-refractivity contribution in [2.24, 2.45) is 0 Å². The van der Waals surface area contributed by atoms with Crippen molar-refractivity contribution in [1.82, 2.24) is 5.32 Å². The van der Waals surface area contributed by atoms with E-state index in [9.17, 15) is 14.4 Å². The lowest BCUT2D eigenvalue weighted by molar-refractivity contribution is -0.150. The highest BCUT2D eigenvalue weighted by Gasteiger charge is 2.14. The average Bonchev–Trinajstić information content (AvgIpc) is 3.00. The van der Waals surface area contributed by atoms with Gasteiger partial charge in [-0.2, -0.15) is 0 Å². The van der Waals surface area contributed by atoms with E-state index in [-0.39, 0.29) is 24.5 Å². The number of allylic oxidation sites excluding steroid dienone is 2. The molecule has 0 spiro atoms. The molecule has 0 aliphatic rings. The summed E-state index contributed by atoms with van der Waals surface area (Å²) < 4.78 is 5.97. The third kappa shape index (κ3) is 33.1. The Balaban J connectivity index is 4.21. The largest absolute Gasteiger partial charge is 0.480 e. The zero-order valence-electron chi connectivity index (χ0n) is 29.0. The lowest BCUT2D eigenvalue weighted by Crippen LogP contribution is -2.28. The summed E-state index contributed by atoms with van der Waals surface area (Å²) in [6.07, 6.45) is 37.6. The molecule has 6 nitrogen and oxygen atoms in total. The Labute approximate surface area is 271 Å². The van der Waals surface area contributed by atoms with E-state index in [1.807, 2.05) is 0 Å². The van der Waals surface area contributed by atoms with Crippen molar-refractivity contribution < 1.29 is 24.2 Å². The Morgan fingerprint density at radius 1 is 0.568 bits per heavy atom. The summed E-state index contributed by atoms with van der Waals surface area (Å²) in [5.41, 5.74) is 0. The fraction of sp³-hybridized carbons (Fsp3) is 0.868. The Hall–Kier alpha value is -1.85. The van der Waals surface area contributed by atoms with Crippen LogP contribution in [0.1, 0.15) is 200 Å². The molecule has 44 heavy (non-hydrogen) atoms. The molecule has 258 valence electrons. The maximum atomic E-state index is 12.6. The number of nitrogens with one attached hydrogen (secondary N) is 1. The van der Waals surface area contributed by atoms with Crippen LogP contribution < -0.4 is 5.32 Å². The number of carboxylic acids is 1. The van der Waals surface area contributed by atoms with Crippen LogP contribution in [0.15, 0.2) is 12.2 Å². The van der Waals surface area contributed by atoms with Crippen LogP contribution in [0.4, 0.5) is 0 Å². The molecule has 0 radical (unpaired) electrons. The van der Waals surface area contributed by atoms with Crippen molar-refractivity contribution in [2.45, 2.75) is 206 Å². The zero-order valence-corrected chi connectivity index (χ0v) is 29.0. The van der Waals surface area contributed by atoms with Crippen LogP contribution in [-0.4, -0.2) is 35.6 Å². The third-order valence-electron chi connectivity index (χ3n) is 8.44.